The standard InChI is InChI=1S/C16H26/c1-5-7-9-12-16(4)14-10-13-15(3)11-8-6-2/h12-13H,5-9,11H2,1-4H3. The van der Waals surface area contributed by atoms with E-state index in [4.69, 9.17) is 0 Å². The number of allylic oxidation sites excluding steroid dienone is 4. The zero-order chi connectivity index (χ0) is 12.2. The highest BCUT2D eigenvalue weighted by Gasteiger charge is 1.86. The topological polar surface area (TPSA) is 0 Å². The maximum Gasteiger partial charge on any atom is -0.00471 e. The van der Waals surface area contributed by atoms with E-state index >= 15 is 0 Å². The largest absolute Gasteiger partial charge is 0.0732 e. The second-order valence-corrected chi connectivity index (χ2v) is 4.39. The summed E-state index contributed by atoms with van der Waals surface area (Å²) in [5, 5.41) is 0. The molecular weight excluding hydrogens is 192 g/mol. The number of rotatable bonds is 6. The Morgan fingerprint density at radius 3 is 2.38 bits per heavy atom. The first kappa shape index (κ1) is 15.0. The maximum atomic E-state index is 3.18. The molecule has 0 aliphatic rings. The lowest BCUT2D eigenvalue weighted by molar-refractivity contribution is 0.788. The van der Waals surface area contributed by atoms with Gasteiger partial charge in [0.05, 0.1) is 0 Å². The van der Waals surface area contributed by atoms with Crippen molar-refractivity contribution < 1.29 is 0 Å². The van der Waals surface area contributed by atoms with Crippen LogP contribution in [0, 0.1) is 11.8 Å². The average molecular weight is 218 g/mol. The molecule has 0 aromatic rings. The van der Waals surface area contributed by atoms with Gasteiger partial charge in [-0.05, 0) is 44.8 Å². The molecule has 0 N–H and O–H groups in total. The van der Waals surface area contributed by atoms with Gasteiger partial charge in [-0.3, -0.25) is 0 Å². The lowest BCUT2D eigenvalue weighted by Crippen LogP contribution is -1.76. The third kappa shape index (κ3) is 9.59. The van der Waals surface area contributed by atoms with Crippen LogP contribution in [0.1, 0.15) is 66.2 Å². The van der Waals surface area contributed by atoms with Gasteiger partial charge in [-0.25, -0.2) is 0 Å². The Morgan fingerprint density at radius 2 is 1.75 bits per heavy atom. The van der Waals surface area contributed by atoms with E-state index in [9.17, 15) is 0 Å². The van der Waals surface area contributed by atoms with Crippen LogP contribution in [0.25, 0.3) is 0 Å². The Kier molecular flexibility index (Phi) is 9.92. The predicted molar refractivity (Wildman–Crippen MR) is 74.3 cm³/mol. The van der Waals surface area contributed by atoms with Crippen molar-refractivity contribution in [2.75, 3.05) is 0 Å². The molecule has 0 unspecified atom stereocenters. The Labute approximate surface area is 102 Å². The monoisotopic (exact) mass is 218 g/mol. The van der Waals surface area contributed by atoms with E-state index in [0.717, 1.165) is 6.42 Å². The molecule has 0 rings (SSSR count). The summed E-state index contributed by atoms with van der Waals surface area (Å²) in [6, 6.07) is 0. The summed E-state index contributed by atoms with van der Waals surface area (Å²) in [4.78, 5) is 0. The zero-order valence-corrected chi connectivity index (χ0v) is 11.4. The van der Waals surface area contributed by atoms with Crippen molar-refractivity contribution >= 4 is 0 Å². The highest BCUT2D eigenvalue weighted by Crippen LogP contribution is 2.05. The van der Waals surface area contributed by atoms with Crippen LogP contribution in [0.3, 0.4) is 0 Å². The Bertz CT molecular complexity index is 281. The molecule has 0 heteroatoms. The average Bonchev–Trinajstić information content (AvgIpc) is 2.26. The lowest BCUT2D eigenvalue weighted by atomic mass is 10.1. The Morgan fingerprint density at radius 1 is 1.06 bits per heavy atom. The molecule has 0 spiro atoms. The molecule has 16 heavy (non-hydrogen) atoms. The summed E-state index contributed by atoms with van der Waals surface area (Å²) in [6.45, 7) is 8.70. The first-order chi connectivity index (χ1) is 7.70. The molecule has 0 atom stereocenters. The van der Waals surface area contributed by atoms with E-state index in [-0.39, 0.29) is 0 Å². The molecular formula is C16H26. The molecule has 0 saturated heterocycles. The molecule has 0 aromatic heterocycles. The van der Waals surface area contributed by atoms with Gasteiger partial charge < -0.3 is 0 Å². The molecule has 0 saturated carbocycles. The molecule has 0 aromatic carbocycles. The Balaban J connectivity index is 4.02. The van der Waals surface area contributed by atoms with E-state index < -0.39 is 0 Å². The van der Waals surface area contributed by atoms with Crippen molar-refractivity contribution in [2.45, 2.75) is 66.2 Å². The molecule has 0 bridgehead atoms. The van der Waals surface area contributed by atoms with Gasteiger partial charge in [0.15, 0.2) is 0 Å². The second kappa shape index (κ2) is 10.6. The van der Waals surface area contributed by atoms with Gasteiger partial charge in [0, 0.05) is 0 Å². The van der Waals surface area contributed by atoms with Crippen LogP contribution in [0.5, 0.6) is 0 Å². The summed E-state index contributed by atoms with van der Waals surface area (Å²) in [5.74, 6) is 6.32. The molecule has 90 valence electrons. The van der Waals surface area contributed by atoms with Crippen LogP contribution in [0.15, 0.2) is 23.3 Å². The molecule has 0 amide bonds. The highest BCUT2D eigenvalue weighted by atomic mass is 13.9. The van der Waals surface area contributed by atoms with Gasteiger partial charge >= 0.3 is 0 Å². The van der Waals surface area contributed by atoms with Crippen LogP contribution in [0.2, 0.25) is 0 Å². The molecule has 0 aliphatic heterocycles. The lowest BCUT2D eigenvalue weighted by Gasteiger charge is -1.95. The van der Waals surface area contributed by atoms with Crippen LogP contribution in [0.4, 0.5) is 0 Å². The minimum Gasteiger partial charge on any atom is -0.0732 e. The van der Waals surface area contributed by atoms with Gasteiger partial charge in [-0.2, -0.15) is 0 Å². The fourth-order valence-electron chi connectivity index (χ4n) is 1.37. The Hall–Kier alpha value is -0.960. The minimum atomic E-state index is 1.16. The molecule has 0 radical (unpaired) electrons. The molecule has 0 aliphatic carbocycles. The SMILES string of the molecule is CCCCC=C(C)C#CC=C(C)CCCC. The first-order valence-corrected chi connectivity index (χ1v) is 6.54. The third-order valence-electron chi connectivity index (χ3n) is 2.52. The smallest absolute Gasteiger partial charge is 0.00471 e. The summed E-state index contributed by atoms with van der Waals surface area (Å²) in [7, 11) is 0. The van der Waals surface area contributed by atoms with Gasteiger partial charge in [-0.1, -0.05) is 56.6 Å². The fourth-order valence-corrected chi connectivity index (χ4v) is 1.37. The highest BCUT2D eigenvalue weighted by molar-refractivity contribution is 5.32. The van der Waals surface area contributed by atoms with Gasteiger partial charge in [0.1, 0.15) is 0 Å². The van der Waals surface area contributed by atoms with Crippen molar-refractivity contribution in [3.05, 3.63) is 23.3 Å². The van der Waals surface area contributed by atoms with E-state index in [1.807, 2.05) is 0 Å². The van der Waals surface area contributed by atoms with E-state index in [0.29, 0.717) is 0 Å². The molecule has 0 nitrogen and oxygen atoms in total. The summed E-state index contributed by atoms with van der Waals surface area (Å²) < 4.78 is 0. The third-order valence-corrected chi connectivity index (χ3v) is 2.52. The summed E-state index contributed by atoms with van der Waals surface area (Å²) >= 11 is 0. The van der Waals surface area contributed by atoms with Gasteiger partial charge in [-0.15, -0.1) is 0 Å². The van der Waals surface area contributed by atoms with Gasteiger partial charge in [0.2, 0.25) is 0 Å². The number of hydrogen-bond acceptors (Lipinski definition) is 0. The minimum absolute atomic E-state index is 1.16. The second-order valence-electron chi connectivity index (χ2n) is 4.39. The quantitative estimate of drug-likeness (QED) is 0.421. The van der Waals surface area contributed by atoms with Crippen molar-refractivity contribution in [2.24, 2.45) is 0 Å². The maximum absolute atomic E-state index is 3.18. The van der Waals surface area contributed by atoms with E-state index in [1.54, 1.807) is 0 Å². The number of unbranched alkanes of at least 4 members (excludes halogenated alkanes) is 3. The zero-order valence-electron chi connectivity index (χ0n) is 11.4. The van der Waals surface area contributed by atoms with Crippen LogP contribution in [-0.4, -0.2) is 0 Å². The van der Waals surface area contributed by atoms with Crippen molar-refractivity contribution in [3.63, 3.8) is 0 Å². The van der Waals surface area contributed by atoms with Crippen LogP contribution >= 0.6 is 0 Å². The predicted octanol–water partition coefficient (Wildman–Crippen LogP) is 5.26. The van der Waals surface area contributed by atoms with Crippen molar-refractivity contribution in [1.82, 2.24) is 0 Å². The van der Waals surface area contributed by atoms with Gasteiger partial charge in [0.25, 0.3) is 0 Å². The molecule has 0 fully saturated rings. The van der Waals surface area contributed by atoms with Crippen molar-refractivity contribution in [1.29, 1.82) is 0 Å². The van der Waals surface area contributed by atoms with E-state index in [2.05, 4.69) is 51.7 Å². The first-order valence-electron chi connectivity index (χ1n) is 6.54. The fraction of sp³-hybridized carbons (Fsp3) is 0.625. The molecule has 0 heterocycles. The van der Waals surface area contributed by atoms with Crippen LogP contribution in [-0.2, 0) is 0 Å². The number of hydrogen-bond donors (Lipinski definition) is 0. The van der Waals surface area contributed by atoms with E-state index in [1.165, 1.54) is 43.3 Å². The van der Waals surface area contributed by atoms with Crippen LogP contribution < -0.4 is 0 Å². The van der Waals surface area contributed by atoms with Crippen molar-refractivity contribution in [3.8, 4) is 11.8 Å². The summed E-state index contributed by atoms with van der Waals surface area (Å²) in [5.41, 5.74) is 2.60. The summed E-state index contributed by atoms with van der Waals surface area (Å²) in [6.07, 6.45) is 11.7. The normalized spacial score (nSPS) is 12.2.